The highest BCUT2D eigenvalue weighted by Crippen LogP contribution is 2.33. The quantitative estimate of drug-likeness (QED) is 0.614. The zero-order valence-electron chi connectivity index (χ0n) is 15.5. The zero-order valence-corrected chi connectivity index (χ0v) is 15.5. The van der Waals surface area contributed by atoms with Crippen molar-refractivity contribution in [2.24, 2.45) is 5.41 Å². The topological polar surface area (TPSA) is 55.8 Å². The molecule has 25 heavy (non-hydrogen) atoms. The summed E-state index contributed by atoms with van der Waals surface area (Å²) in [5, 5.41) is 9.45. The molecule has 0 saturated carbocycles. The molecule has 0 radical (unpaired) electrons. The average molecular weight is 342 g/mol. The van der Waals surface area contributed by atoms with E-state index < -0.39 is 0 Å². The zero-order chi connectivity index (χ0) is 18.7. The summed E-state index contributed by atoms with van der Waals surface area (Å²) >= 11 is 0. The standard InChI is InChI=1S/C21H26O4/c1-20(2,3)14-19(23)25-24-18-12-8-16(9-13-18)21(4,5)15-6-10-17(22)11-7-15/h6-13,22H,14H2,1-5H3. The minimum atomic E-state index is -0.388. The Morgan fingerprint density at radius 2 is 1.36 bits per heavy atom. The lowest BCUT2D eigenvalue weighted by molar-refractivity contribution is -0.215. The van der Waals surface area contributed by atoms with E-state index in [-0.39, 0.29) is 22.5 Å². The fourth-order valence-corrected chi connectivity index (χ4v) is 2.53. The van der Waals surface area contributed by atoms with Crippen LogP contribution in [-0.4, -0.2) is 11.1 Å². The monoisotopic (exact) mass is 342 g/mol. The maximum atomic E-state index is 11.7. The molecule has 0 bridgehead atoms. The fraction of sp³-hybridized carbons (Fsp3) is 0.381. The van der Waals surface area contributed by atoms with Gasteiger partial charge < -0.3 is 5.11 Å². The molecule has 0 spiro atoms. The molecule has 0 saturated heterocycles. The number of rotatable bonds is 5. The van der Waals surface area contributed by atoms with E-state index in [9.17, 15) is 9.90 Å². The SMILES string of the molecule is CC(C)(C)CC(=O)OOc1ccc(C(C)(C)c2ccc(O)cc2)cc1. The van der Waals surface area contributed by atoms with Crippen LogP contribution < -0.4 is 4.89 Å². The number of carbonyl (C=O) groups excluding carboxylic acids is 1. The highest BCUT2D eigenvalue weighted by atomic mass is 17.2. The largest absolute Gasteiger partial charge is 0.508 e. The van der Waals surface area contributed by atoms with E-state index >= 15 is 0 Å². The third kappa shape index (κ3) is 5.24. The van der Waals surface area contributed by atoms with Crippen molar-refractivity contribution in [3.8, 4) is 11.5 Å². The summed E-state index contributed by atoms with van der Waals surface area (Å²) in [4.78, 5) is 21.7. The Morgan fingerprint density at radius 3 is 1.84 bits per heavy atom. The van der Waals surface area contributed by atoms with Crippen LogP contribution in [0.5, 0.6) is 11.5 Å². The Labute approximate surface area is 149 Å². The summed E-state index contributed by atoms with van der Waals surface area (Å²) in [5.41, 5.74) is 1.82. The number of hydrogen-bond acceptors (Lipinski definition) is 4. The molecule has 0 unspecified atom stereocenters. The highest BCUT2D eigenvalue weighted by molar-refractivity contribution is 5.69. The third-order valence-electron chi connectivity index (χ3n) is 4.07. The van der Waals surface area contributed by atoms with Crippen molar-refractivity contribution in [2.75, 3.05) is 0 Å². The van der Waals surface area contributed by atoms with Gasteiger partial charge in [0.1, 0.15) is 5.75 Å². The van der Waals surface area contributed by atoms with Crippen molar-refractivity contribution in [1.29, 1.82) is 0 Å². The number of hydrogen-bond donors (Lipinski definition) is 1. The van der Waals surface area contributed by atoms with Crippen molar-refractivity contribution in [3.63, 3.8) is 0 Å². The van der Waals surface area contributed by atoms with Crippen LogP contribution in [0.2, 0.25) is 0 Å². The molecule has 2 rings (SSSR count). The molecule has 0 fully saturated rings. The number of phenols is 1. The summed E-state index contributed by atoms with van der Waals surface area (Å²) in [5.74, 6) is 0.342. The Balaban J connectivity index is 2.04. The van der Waals surface area contributed by atoms with Crippen molar-refractivity contribution in [2.45, 2.75) is 46.5 Å². The molecule has 0 aliphatic rings. The molecule has 0 aromatic heterocycles. The normalized spacial score (nSPS) is 11.9. The van der Waals surface area contributed by atoms with Crippen LogP contribution >= 0.6 is 0 Å². The minimum Gasteiger partial charge on any atom is -0.508 e. The van der Waals surface area contributed by atoms with Crippen molar-refractivity contribution in [3.05, 3.63) is 59.7 Å². The van der Waals surface area contributed by atoms with Gasteiger partial charge in [0, 0.05) is 5.41 Å². The summed E-state index contributed by atoms with van der Waals surface area (Å²) in [7, 11) is 0. The maximum absolute atomic E-state index is 11.7. The van der Waals surface area contributed by atoms with Gasteiger partial charge in [0.15, 0.2) is 5.75 Å². The number of benzene rings is 2. The van der Waals surface area contributed by atoms with E-state index in [4.69, 9.17) is 9.78 Å². The predicted molar refractivity (Wildman–Crippen MR) is 97.5 cm³/mol. The molecule has 0 aliphatic heterocycles. The molecule has 0 aliphatic carbocycles. The summed E-state index contributed by atoms with van der Waals surface area (Å²) < 4.78 is 0. The lowest BCUT2D eigenvalue weighted by atomic mass is 9.78. The van der Waals surface area contributed by atoms with E-state index in [2.05, 4.69) is 13.8 Å². The van der Waals surface area contributed by atoms with Crippen LogP contribution in [-0.2, 0) is 15.1 Å². The Morgan fingerprint density at radius 1 is 0.880 bits per heavy atom. The van der Waals surface area contributed by atoms with E-state index in [1.54, 1.807) is 24.3 Å². The minimum absolute atomic E-state index is 0.140. The maximum Gasteiger partial charge on any atom is 0.355 e. The van der Waals surface area contributed by atoms with Gasteiger partial charge in [0.2, 0.25) is 0 Å². The second kappa shape index (κ2) is 7.18. The Bertz CT molecular complexity index is 707. The van der Waals surface area contributed by atoms with Gasteiger partial charge in [-0.1, -0.05) is 58.9 Å². The lowest BCUT2D eigenvalue weighted by Crippen LogP contribution is -2.19. The van der Waals surface area contributed by atoms with Crippen molar-refractivity contribution >= 4 is 5.97 Å². The van der Waals surface area contributed by atoms with Gasteiger partial charge in [0.05, 0.1) is 6.42 Å². The first kappa shape index (κ1) is 18.8. The molecule has 0 heterocycles. The molecule has 4 nitrogen and oxygen atoms in total. The first-order valence-corrected chi connectivity index (χ1v) is 8.35. The molecular formula is C21H26O4. The number of phenolic OH excluding ortho intramolecular Hbond substituents is 1. The van der Waals surface area contributed by atoms with Gasteiger partial charge in [-0.3, -0.25) is 9.78 Å². The fourth-order valence-electron chi connectivity index (χ4n) is 2.53. The van der Waals surface area contributed by atoms with Crippen molar-refractivity contribution < 1.29 is 19.7 Å². The van der Waals surface area contributed by atoms with Crippen LogP contribution in [0.4, 0.5) is 0 Å². The molecule has 0 amide bonds. The summed E-state index contributed by atoms with van der Waals surface area (Å²) in [6.07, 6.45) is 0.291. The number of aromatic hydroxyl groups is 1. The van der Waals surface area contributed by atoms with E-state index in [1.165, 1.54) is 0 Å². The summed E-state index contributed by atoms with van der Waals surface area (Å²) in [6, 6.07) is 14.6. The molecule has 0 atom stereocenters. The van der Waals surface area contributed by atoms with Gasteiger partial charge in [0.25, 0.3) is 0 Å². The highest BCUT2D eigenvalue weighted by Gasteiger charge is 2.23. The van der Waals surface area contributed by atoms with Crippen LogP contribution in [0.3, 0.4) is 0 Å². The average Bonchev–Trinajstić information content (AvgIpc) is 2.52. The van der Waals surface area contributed by atoms with Crippen LogP contribution in [0, 0.1) is 5.41 Å². The first-order chi connectivity index (χ1) is 11.6. The van der Waals surface area contributed by atoms with E-state index in [1.807, 2.05) is 45.0 Å². The lowest BCUT2D eigenvalue weighted by Gasteiger charge is -2.26. The molecule has 2 aromatic carbocycles. The molecule has 134 valence electrons. The number of carbonyl (C=O) groups is 1. The van der Waals surface area contributed by atoms with Crippen LogP contribution in [0.15, 0.2) is 48.5 Å². The Hall–Kier alpha value is -2.49. The van der Waals surface area contributed by atoms with Gasteiger partial charge >= 0.3 is 5.97 Å². The molecule has 4 heteroatoms. The predicted octanol–water partition coefficient (Wildman–Crippen LogP) is 4.99. The van der Waals surface area contributed by atoms with Gasteiger partial charge in [-0.15, -0.1) is 0 Å². The molecule has 1 N–H and O–H groups in total. The van der Waals surface area contributed by atoms with Crippen molar-refractivity contribution in [1.82, 2.24) is 0 Å². The van der Waals surface area contributed by atoms with E-state index in [0.29, 0.717) is 12.2 Å². The molecule has 2 aromatic rings. The third-order valence-corrected chi connectivity index (χ3v) is 4.07. The second-order valence-electron chi connectivity index (χ2n) is 7.97. The summed E-state index contributed by atoms with van der Waals surface area (Å²) in [6.45, 7) is 10.1. The van der Waals surface area contributed by atoms with Crippen LogP contribution in [0.25, 0.3) is 0 Å². The molecular weight excluding hydrogens is 316 g/mol. The first-order valence-electron chi connectivity index (χ1n) is 8.35. The van der Waals surface area contributed by atoms with Gasteiger partial charge in [-0.25, -0.2) is 4.79 Å². The van der Waals surface area contributed by atoms with Gasteiger partial charge in [-0.05, 0) is 40.8 Å². The second-order valence-corrected chi connectivity index (χ2v) is 7.97. The smallest absolute Gasteiger partial charge is 0.355 e. The van der Waals surface area contributed by atoms with E-state index in [0.717, 1.165) is 11.1 Å². The Kier molecular flexibility index (Phi) is 5.41. The van der Waals surface area contributed by atoms with Crippen LogP contribution in [0.1, 0.15) is 52.2 Å². The van der Waals surface area contributed by atoms with Gasteiger partial charge in [-0.2, -0.15) is 0 Å².